The van der Waals surface area contributed by atoms with E-state index >= 15 is 0 Å². The Morgan fingerprint density at radius 1 is 1.19 bits per heavy atom. The quantitative estimate of drug-likeness (QED) is 0.207. The Bertz CT molecular complexity index is 1010. The van der Waals surface area contributed by atoms with Crippen LogP contribution in [0, 0.1) is 13.8 Å². The zero-order valence-electron chi connectivity index (χ0n) is 19.8. The number of rotatable bonds is 7. The van der Waals surface area contributed by atoms with Crippen molar-refractivity contribution in [1.29, 1.82) is 0 Å². The van der Waals surface area contributed by atoms with Gasteiger partial charge in [-0.25, -0.2) is 4.79 Å². The van der Waals surface area contributed by atoms with Crippen LogP contribution in [0.25, 0.3) is 11.3 Å². The smallest absolute Gasteiger partial charge is 0.333 e. The normalized spacial score (nSPS) is 13.7. The van der Waals surface area contributed by atoms with E-state index in [4.69, 9.17) is 9.47 Å². The average molecular weight is 424 g/mol. The summed E-state index contributed by atoms with van der Waals surface area (Å²) in [5.74, 6) is -0.0101. The lowest BCUT2D eigenvalue weighted by Gasteiger charge is -2.22. The van der Waals surface area contributed by atoms with Gasteiger partial charge in [-0.3, -0.25) is 9.67 Å². The van der Waals surface area contributed by atoms with Gasteiger partial charge in [-0.1, -0.05) is 51.6 Å². The number of aryl methyl sites for hydroxylation is 2. The first-order valence-electron chi connectivity index (χ1n) is 10.3. The van der Waals surface area contributed by atoms with Gasteiger partial charge in [0.25, 0.3) is 0 Å². The maximum absolute atomic E-state index is 11.7. The fourth-order valence-corrected chi connectivity index (χ4v) is 3.27. The first kappa shape index (κ1) is 24.1. The van der Waals surface area contributed by atoms with Crippen molar-refractivity contribution in [2.24, 2.45) is 12.0 Å². The van der Waals surface area contributed by atoms with Crippen LogP contribution in [-0.2, 0) is 26.7 Å². The molecule has 0 spiro atoms. The second-order valence-electron chi connectivity index (χ2n) is 8.47. The Morgan fingerprint density at radius 3 is 2.26 bits per heavy atom. The van der Waals surface area contributed by atoms with Gasteiger partial charge in [-0.2, -0.15) is 5.10 Å². The van der Waals surface area contributed by atoms with Crippen molar-refractivity contribution in [2.45, 2.75) is 53.2 Å². The molecule has 1 unspecified atom stereocenters. The lowest BCUT2D eigenvalue weighted by atomic mass is 9.86. The van der Waals surface area contributed by atoms with E-state index in [0.29, 0.717) is 5.76 Å². The third-order valence-corrected chi connectivity index (χ3v) is 5.03. The number of carbonyl (C=O) groups is 1. The number of ether oxygens (including phenoxy) is 2. The number of carbonyl (C=O) groups excluding carboxylic acids is 1. The Morgan fingerprint density at radius 2 is 1.81 bits per heavy atom. The van der Waals surface area contributed by atoms with Crippen molar-refractivity contribution in [3.8, 4) is 0 Å². The van der Waals surface area contributed by atoms with Gasteiger partial charge in [-0.15, -0.1) is 0 Å². The van der Waals surface area contributed by atoms with E-state index in [2.05, 4.69) is 61.7 Å². The molecule has 0 aliphatic rings. The minimum atomic E-state index is -0.829. The van der Waals surface area contributed by atoms with Gasteiger partial charge in [-0.05, 0) is 30.4 Å². The second-order valence-corrected chi connectivity index (χ2v) is 8.47. The molecule has 2 rings (SSSR count). The van der Waals surface area contributed by atoms with Gasteiger partial charge in [0.1, 0.15) is 5.69 Å². The van der Waals surface area contributed by atoms with Crippen LogP contribution in [0.4, 0.5) is 0 Å². The molecule has 6 heteroatoms. The molecular formula is C25H33N3O3. The molecule has 0 saturated carbocycles. The van der Waals surface area contributed by atoms with Gasteiger partial charge >= 0.3 is 5.97 Å². The summed E-state index contributed by atoms with van der Waals surface area (Å²) >= 11 is 0. The first-order valence-corrected chi connectivity index (χ1v) is 10.3. The van der Waals surface area contributed by atoms with Crippen molar-refractivity contribution < 1.29 is 14.3 Å². The minimum Gasteiger partial charge on any atom is -0.452 e. The van der Waals surface area contributed by atoms with Crippen molar-refractivity contribution in [2.75, 3.05) is 7.05 Å². The monoisotopic (exact) mass is 423 g/mol. The van der Waals surface area contributed by atoms with Crippen LogP contribution in [0.15, 0.2) is 41.9 Å². The summed E-state index contributed by atoms with van der Waals surface area (Å²) in [6.45, 7) is 15.6. The van der Waals surface area contributed by atoms with E-state index in [1.54, 1.807) is 24.9 Å². The van der Waals surface area contributed by atoms with Crippen LogP contribution in [0.5, 0.6) is 0 Å². The number of benzene rings is 1. The van der Waals surface area contributed by atoms with Crippen LogP contribution >= 0.6 is 0 Å². The molecule has 166 valence electrons. The van der Waals surface area contributed by atoms with E-state index in [1.807, 2.05) is 20.9 Å². The molecule has 0 aliphatic heterocycles. The van der Waals surface area contributed by atoms with Crippen LogP contribution in [0.3, 0.4) is 0 Å². The lowest BCUT2D eigenvalue weighted by Crippen LogP contribution is -2.18. The molecule has 1 aromatic carbocycles. The van der Waals surface area contributed by atoms with Gasteiger partial charge in [0.05, 0.1) is 5.69 Å². The minimum absolute atomic E-state index is 0.0454. The van der Waals surface area contributed by atoms with Crippen LogP contribution in [0.2, 0.25) is 0 Å². The maximum Gasteiger partial charge on any atom is 0.333 e. The number of allylic oxidation sites excluding steroid dienone is 1. The van der Waals surface area contributed by atoms with Gasteiger partial charge in [0, 0.05) is 44.4 Å². The van der Waals surface area contributed by atoms with E-state index in [0.717, 1.165) is 34.2 Å². The summed E-state index contributed by atoms with van der Waals surface area (Å²) in [5.41, 5.74) is 5.66. The molecule has 0 bridgehead atoms. The summed E-state index contributed by atoms with van der Waals surface area (Å²) in [5, 5.41) is 4.53. The van der Waals surface area contributed by atoms with E-state index in [1.165, 1.54) is 5.56 Å². The van der Waals surface area contributed by atoms with E-state index < -0.39 is 12.3 Å². The topological polar surface area (TPSA) is 65.7 Å². The Kier molecular flexibility index (Phi) is 7.60. The Balaban J connectivity index is 2.70. The highest BCUT2D eigenvalue weighted by Gasteiger charge is 2.23. The van der Waals surface area contributed by atoms with Crippen LogP contribution in [0.1, 0.15) is 55.8 Å². The standard InChI is InChI=1S/C25H33N3O3/c1-10-22(29)30-18(4)31-24(23-16(2)17(3)27-28(23)9)21(15-26-8)19-11-13-20(14-12-19)25(5,6)7/h10-15,18H,1H2,2-9H3/b24-21-,26-15-. The largest absolute Gasteiger partial charge is 0.452 e. The summed E-state index contributed by atoms with van der Waals surface area (Å²) in [7, 11) is 3.58. The summed E-state index contributed by atoms with van der Waals surface area (Å²) in [6.07, 6.45) is 2.04. The zero-order valence-corrected chi connectivity index (χ0v) is 19.8. The Labute approximate surface area is 185 Å². The van der Waals surface area contributed by atoms with Crippen molar-refractivity contribution >= 4 is 23.5 Å². The highest BCUT2D eigenvalue weighted by atomic mass is 16.7. The van der Waals surface area contributed by atoms with E-state index in [9.17, 15) is 4.79 Å². The first-order chi connectivity index (χ1) is 14.5. The van der Waals surface area contributed by atoms with Crippen molar-refractivity contribution in [3.05, 3.63) is 65.0 Å². The molecule has 1 atom stereocenters. The molecule has 31 heavy (non-hydrogen) atoms. The fourth-order valence-electron chi connectivity index (χ4n) is 3.27. The zero-order chi connectivity index (χ0) is 23.3. The molecule has 0 fully saturated rings. The highest BCUT2D eigenvalue weighted by Crippen LogP contribution is 2.32. The molecule has 0 N–H and O–H groups in total. The lowest BCUT2D eigenvalue weighted by molar-refractivity contribution is -0.157. The molecule has 1 heterocycles. The molecule has 6 nitrogen and oxygen atoms in total. The molecule has 0 aliphatic carbocycles. The number of nitrogens with zero attached hydrogens (tertiary/aromatic N) is 3. The van der Waals surface area contributed by atoms with E-state index in [-0.39, 0.29) is 5.41 Å². The molecule has 2 aromatic rings. The molecular weight excluding hydrogens is 390 g/mol. The number of hydrogen-bond acceptors (Lipinski definition) is 5. The number of esters is 1. The third-order valence-electron chi connectivity index (χ3n) is 5.03. The molecule has 0 saturated heterocycles. The molecule has 1 aromatic heterocycles. The second kappa shape index (κ2) is 9.77. The van der Waals surface area contributed by atoms with Crippen molar-refractivity contribution in [1.82, 2.24) is 9.78 Å². The SMILES string of the molecule is C=CC(=O)OC(C)O/C(=C(/C=N\C)c1ccc(C(C)(C)C)cc1)c1c(C)c(C)nn1C. The van der Waals surface area contributed by atoms with Crippen LogP contribution in [-0.4, -0.2) is 35.3 Å². The summed E-state index contributed by atoms with van der Waals surface area (Å²) < 4.78 is 13.2. The Hall–Kier alpha value is -3.15. The summed E-state index contributed by atoms with van der Waals surface area (Å²) in [6, 6.07) is 8.33. The predicted octanol–water partition coefficient (Wildman–Crippen LogP) is 5.00. The summed E-state index contributed by atoms with van der Waals surface area (Å²) in [4.78, 5) is 16.0. The fraction of sp³-hybridized carbons (Fsp3) is 0.400. The maximum atomic E-state index is 11.7. The van der Waals surface area contributed by atoms with Crippen LogP contribution < -0.4 is 0 Å². The van der Waals surface area contributed by atoms with Gasteiger partial charge in [0.15, 0.2) is 5.76 Å². The number of aromatic nitrogens is 2. The number of aliphatic imine (C=N–C) groups is 1. The predicted molar refractivity (Wildman–Crippen MR) is 126 cm³/mol. The highest BCUT2D eigenvalue weighted by molar-refractivity contribution is 6.18. The average Bonchev–Trinajstić information content (AvgIpc) is 2.95. The molecule has 0 radical (unpaired) electrons. The van der Waals surface area contributed by atoms with Crippen molar-refractivity contribution in [3.63, 3.8) is 0 Å². The van der Waals surface area contributed by atoms with Gasteiger partial charge < -0.3 is 9.47 Å². The third kappa shape index (κ3) is 5.72. The number of hydrogen-bond donors (Lipinski definition) is 0. The molecule has 0 amide bonds. The van der Waals surface area contributed by atoms with Gasteiger partial charge in [0.2, 0.25) is 6.29 Å².